The Kier molecular flexibility index (Phi) is 10.2. The van der Waals surface area contributed by atoms with Gasteiger partial charge >= 0.3 is 0 Å². The highest BCUT2D eigenvalue weighted by atomic mass is 35.5. The topological polar surface area (TPSA) is 86.8 Å². The highest BCUT2D eigenvalue weighted by Gasteiger charge is 2.34. The van der Waals surface area contributed by atoms with Crippen molar-refractivity contribution < 1.29 is 18.0 Å². The Bertz CT molecular complexity index is 1360. The molecule has 9 heteroatoms. The summed E-state index contributed by atoms with van der Waals surface area (Å²) in [5.41, 5.74) is 0.766. The van der Waals surface area contributed by atoms with E-state index in [9.17, 15) is 18.0 Å². The summed E-state index contributed by atoms with van der Waals surface area (Å²) in [4.78, 5) is 28.8. The van der Waals surface area contributed by atoms with Crippen molar-refractivity contribution in [3.05, 3.63) is 95.5 Å². The van der Waals surface area contributed by atoms with Crippen molar-refractivity contribution in [3.8, 4) is 0 Å². The molecule has 2 amide bonds. The van der Waals surface area contributed by atoms with Crippen LogP contribution in [0.1, 0.15) is 39.7 Å². The molecule has 0 aromatic heterocycles. The smallest absolute Gasteiger partial charge is 0.264 e. The van der Waals surface area contributed by atoms with Gasteiger partial charge in [0.2, 0.25) is 11.8 Å². The molecular weight excluding hydrogens is 534 g/mol. The minimum absolute atomic E-state index is 0.0473. The highest BCUT2D eigenvalue weighted by Crippen LogP contribution is 2.26. The number of nitrogens with zero attached hydrogens (tertiary/aromatic N) is 2. The van der Waals surface area contributed by atoms with Crippen molar-refractivity contribution in [3.63, 3.8) is 0 Å². The van der Waals surface area contributed by atoms with Crippen molar-refractivity contribution in [1.82, 2.24) is 10.2 Å². The summed E-state index contributed by atoms with van der Waals surface area (Å²) < 4.78 is 28.6. The minimum Gasteiger partial charge on any atom is -0.350 e. The van der Waals surface area contributed by atoms with Gasteiger partial charge in [-0.25, -0.2) is 8.42 Å². The Morgan fingerprint density at radius 2 is 1.54 bits per heavy atom. The van der Waals surface area contributed by atoms with Gasteiger partial charge in [-0.05, 0) is 69.5 Å². The van der Waals surface area contributed by atoms with E-state index >= 15 is 0 Å². The van der Waals surface area contributed by atoms with Gasteiger partial charge in [0.05, 0.1) is 10.6 Å². The van der Waals surface area contributed by atoms with Crippen molar-refractivity contribution in [1.29, 1.82) is 0 Å². The van der Waals surface area contributed by atoms with Gasteiger partial charge in [-0.2, -0.15) is 0 Å². The summed E-state index contributed by atoms with van der Waals surface area (Å²) in [7, 11) is -4.12. The molecule has 3 aromatic carbocycles. The third-order valence-corrected chi connectivity index (χ3v) is 8.10. The van der Waals surface area contributed by atoms with Crippen molar-refractivity contribution in [2.24, 2.45) is 0 Å². The molecule has 0 aliphatic carbocycles. The fraction of sp³-hybridized carbons (Fsp3) is 0.333. The summed E-state index contributed by atoms with van der Waals surface area (Å²) in [5.74, 6) is -0.770. The van der Waals surface area contributed by atoms with Crippen LogP contribution in [-0.4, -0.2) is 49.8 Å². The predicted octanol–water partition coefficient (Wildman–Crippen LogP) is 5.30. The van der Waals surface area contributed by atoms with E-state index in [4.69, 9.17) is 11.6 Å². The SMILES string of the molecule is CC[C@@H](C(=O)NC(C)(C)C)N(CCc1ccccc1)C(=O)CN(c1cccc(Cl)c1)S(=O)(=O)c1ccccc1. The van der Waals surface area contributed by atoms with Gasteiger partial charge in [-0.15, -0.1) is 0 Å². The molecule has 0 aliphatic rings. The summed E-state index contributed by atoms with van der Waals surface area (Å²) in [6, 6.07) is 23.2. The number of halogens is 1. The van der Waals surface area contributed by atoms with Gasteiger partial charge in [0, 0.05) is 17.1 Å². The van der Waals surface area contributed by atoms with Crippen LogP contribution in [0.3, 0.4) is 0 Å². The normalized spacial score (nSPS) is 12.4. The fourth-order valence-electron chi connectivity index (χ4n) is 4.23. The van der Waals surface area contributed by atoms with E-state index in [0.29, 0.717) is 17.9 Å². The average molecular weight is 570 g/mol. The van der Waals surface area contributed by atoms with Crippen molar-refractivity contribution >= 4 is 39.1 Å². The zero-order valence-corrected chi connectivity index (χ0v) is 24.4. The number of nitrogens with one attached hydrogen (secondary N) is 1. The summed E-state index contributed by atoms with van der Waals surface area (Å²) >= 11 is 6.21. The number of hydrogen-bond donors (Lipinski definition) is 1. The monoisotopic (exact) mass is 569 g/mol. The Hall–Kier alpha value is -3.36. The quantitative estimate of drug-likeness (QED) is 0.339. The van der Waals surface area contributed by atoms with E-state index in [2.05, 4.69) is 5.32 Å². The number of amides is 2. The first-order valence-electron chi connectivity index (χ1n) is 12.9. The van der Waals surface area contributed by atoms with Crippen LogP contribution < -0.4 is 9.62 Å². The standard InChI is InChI=1S/C30H36ClN3O4S/c1-5-27(29(36)32-30(2,3)4)33(20-19-23-13-8-6-9-14-23)28(35)22-34(25-16-12-15-24(31)21-25)39(37,38)26-17-10-7-11-18-26/h6-18,21,27H,5,19-20,22H2,1-4H3,(H,32,36)/t27-/m0/s1. The summed E-state index contributed by atoms with van der Waals surface area (Å²) in [5, 5.41) is 3.31. The Balaban J connectivity index is 2.01. The van der Waals surface area contributed by atoms with E-state index in [1.54, 1.807) is 36.4 Å². The molecule has 0 saturated carbocycles. The summed E-state index contributed by atoms with van der Waals surface area (Å²) in [6.07, 6.45) is 0.875. The Morgan fingerprint density at radius 3 is 2.10 bits per heavy atom. The van der Waals surface area contributed by atoms with Crippen LogP contribution in [-0.2, 0) is 26.0 Å². The maximum absolute atomic E-state index is 14.0. The van der Waals surface area contributed by atoms with E-state index in [0.717, 1.165) is 9.87 Å². The molecule has 0 unspecified atom stereocenters. The van der Waals surface area contributed by atoms with E-state index in [1.807, 2.05) is 58.0 Å². The van der Waals surface area contributed by atoms with Crippen LogP contribution in [0.2, 0.25) is 5.02 Å². The van der Waals surface area contributed by atoms with Gasteiger partial charge in [-0.1, -0.05) is 73.1 Å². The maximum Gasteiger partial charge on any atom is 0.264 e. The first-order valence-corrected chi connectivity index (χ1v) is 14.7. The number of anilines is 1. The van der Waals surface area contributed by atoms with Crippen LogP contribution in [0.5, 0.6) is 0 Å². The van der Waals surface area contributed by atoms with Crippen LogP contribution in [0, 0.1) is 0 Å². The molecule has 0 heterocycles. The lowest BCUT2D eigenvalue weighted by Crippen LogP contribution is -2.56. The molecule has 0 fully saturated rings. The first kappa shape index (κ1) is 30.2. The number of sulfonamides is 1. The van der Waals surface area contributed by atoms with Crippen LogP contribution in [0.25, 0.3) is 0 Å². The van der Waals surface area contributed by atoms with Gasteiger partial charge in [0.1, 0.15) is 12.6 Å². The molecule has 3 rings (SSSR count). The Morgan fingerprint density at radius 1 is 0.923 bits per heavy atom. The van der Waals surface area contributed by atoms with Crippen LogP contribution in [0.15, 0.2) is 89.8 Å². The minimum atomic E-state index is -4.12. The average Bonchev–Trinajstić information content (AvgIpc) is 2.89. The van der Waals surface area contributed by atoms with Crippen LogP contribution in [0.4, 0.5) is 5.69 Å². The lowest BCUT2D eigenvalue weighted by molar-refractivity contribution is -0.140. The Labute approximate surface area is 236 Å². The van der Waals surface area contributed by atoms with E-state index in [-0.39, 0.29) is 23.0 Å². The molecule has 0 saturated heterocycles. The van der Waals surface area contributed by atoms with Gasteiger partial charge in [0.25, 0.3) is 10.0 Å². The molecule has 7 nitrogen and oxygen atoms in total. The number of carbonyl (C=O) groups excluding carboxylic acids is 2. The molecule has 1 atom stereocenters. The molecule has 0 bridgehead atoms. The summed E-state index contributed by atoms with van der Waals surface area (Å²) in [6.45, 7) is 7.22. The van der Waals surface area contributed by atoms with Gasteiger partial charge in [0.15, 0.2) is 0 Å². The lowest BCUT2D eigenvalue weighted by atomic mass is 10.1. The fourth-order valence-corrected chi connectivity index (χ4v) is 5.84. The molecule has 0 radical (unpaired) electrons. The lowest BCUT2D eigenvalue weighted by Gasteiger charge is -2.34. The molecule has 3 aromatic rings. The molecule has 0 spiro atoms. The van der Waals surface area contributed by atoms with Crippen molar-refractivity contribution in [2.75, 3.05) is 17.4 Å². The highest BCUT2D eigenvalue weighted by molar-refractivity contribution is 7.92. The zero-order chi connectivity index (χ0) is 28.6. The second-order valence-corrected chi connectivity index (χ2v) is 12.6. The van der Waals surface area contributed by atoms with Crippen molar-refractivity contribution in [2.45, 2.75) is 57.0 Å². The molecule has 1 N–H and O–H groups in total. The molecule has 208 valence electrons. The second kappa shape index (κ2) is 13.1. The van der Waals surface area contributed by atoms with E-state index < -0.39 is 34.1 Å². The van der Waals surface area contributed by atoms with Gasteiger partial charge in [-0.3, -0.25) is 13.9 Å². The van der Waals surface area contributed by atoms with Crippen LogP contribution >= 0.6 is 11.6 Å². The second-order valence-electron chi connectivity index (χ2n) is 10.3. The third-order valence-electron chi connectivity index (χ3n) is 6.07. The third kappa shape index (κ3) is 8.31. The number of carbonyl (C=O) groups is 2. The molecule has 39 heavy (non-hydrogen) atoms. The van der Waals surface area contributed by atoms with Gasteiger partial charge < -0.3 is 10.2 Å². The molecule has 0 aliphatic heterocycles. The largest absolute Gasteiger partial charge is 0.350 e. The maximum atomic E-state index is 14.0. The zero-order valence-electron chi connectivity index (χ0n) is 22.8. The number of benzene rings is 3. The van der Waals surface area contributed by atoms with E-state index in [1.165, 1.54) is 23.1 Å². The predicted molar refractivity (Wildman–Crippen MR) is 156 cm³/mol. The first-order chi connectivity index (χ1) is 18.4. The number of hydrogen-bond acceptors (Lipinski definition) is 4. The molecular formula is C30H36ClN3O4S. The number of rotatable bonds is 11.